The maximum Gasteiger partial charge on any atom is 0.352 e. The monoisotopic (exact) mass is 323 g/mol. The minimum Gasteiger partial charge on any atom is -0.477 e. The number of carbonyl (C=O) groups is 3. The number of carbonyl (C=O) groups excluding carboxylic acids is 2. The number of β-lactam (4-membered cyclic amide) rings is 1. The molecule has 0 aromatic heterocycles. The zero-order chi connectivity index (χ0) is 17.0. The van der Waals surface area contributed by atoms with E-state index in [1.807, 2.05) is 11.8 Å². The van der Waals surface area contributed by atoms with Crippen molar-refractivity contribution >= 4 is 17.8 Å². The van der Waals surface area contributed by atoms with E-state index < -0.39 is 18.0 Å². The van der Waals surface area contributed by atoms with Gasteiger partial charge in [0.05, 0.1) is 24.0 Å². The standard InChI is InChI=1S/C15H21N3O5/c1-6-9(5-17-3-8(4-17)13(16)20)12(15(22)23)18-11(6)10(7(2)19)14(18)21/h6-8,10-11,19H,3-5H2,1-2H3,(H2,16,20)(H,22,23)/t6-,7+,10?,11?/m0/s1. The molecular formula is C15H21N3O5. The van der Waals surface area contributed by atoms with Gasteiger partial charge in [-0.2, -0.15) is 0 Å². The van der Waals surface area contributed by atoms with Gasteiger partial charge in [0.1, 0.15) is 5.70 Å². The van der Waals surface area contributed by atoms with Crippen LogP contribution in [0.25, 0.3) is 0 Å². The topological polar surface area (TPSA) is 124 Å². The number of rotatable bonds is 5. The third-order valence-electron chi connectivity index (χ3n) is 5.27. The Balaban J connectivity index is 1.80. The summed E-state index contributed by atoms with van der Waals surface area (Å²) in [6.45, 7) is 4.86. The molecule has 3 rings (SSSR count). The summed E-state index contributed by atoms with van der Waals surface area (Å²) in [4.78, 5) is 38.2. The van der Waals surface area contributed by atoms with Crippen molar-refractivity contribution in [2.24, 2.45) is 23.5 Å². The van der Waals surface area contributed by atoms with Gasteiger partial charge in [-0.05, 0) is 12.5 Å². The molecule has 2 saturated heterocycles. The first kappa shape index (κ1) is 15.9. The molecule has 23 heavy (non-hydrogen) atoms. The van der Waals surface area contributed by atoms with E-state index in [9.17, 15) is 24.6 Å². The SMILES string of the molecule is C[C@@H](O)C1C(=O)N2C(C(=O)O)=C(CN3CC(C(N)=O)C3)[C@H](C)C12. The van der Waals surface area contributed by atoms with Crippen molar-refractivity contribution in [1.82, 2.24) is 9.80 Å². The van der Waals surface area contributed by atoms with Gasteiger partial charge in [-0.1, -0.05) is 6.92 Å². The number of hydrogen-bond acceptors (Lipinski definition) is 5. The Morgan fingerprint density at radius 1 is 1.39 bits per heavy atom. The van der Waals surface area contributed by atoms with Gasteiger partial charge in [-0.3, -0.25) is 14.5 Å². The number of carboxylic acids is 1. The molecular weight excluding hydrogens is 302 g/mol. The highest BCUT2D eigenvalue weighted by atomic mass is 16.4. The van der Waals surface area contributed by atoms with Crippen LogP contribution in [0.2, 0.25) is 0 Å². The molecule has 0 spiro atoms. The molecule has 0 radical (unpaired) electrons. The van der Waals surface area contributed by atoms with E-state index in [2.05, 4.69) is 0 Å². The average Bonchev–Trinajstić information content (AvgIpc) is 2.62. The number of aliphatic carboxylic acids is 1. The molecule has 4 atom stereocenters. The van der Waals surface area contributed by atoms with Gasteiger partial charge < -0.3 is 20.8 Å². The van der Waals surface area contributed by atoms with Gasteiger partial charge in [-0.25, -0.2) is 4.79 Å². The number of fused-ring (bicyclic) bond motifs is 1. The largest absolute Gasteiger partial charge is 0.477 e. The normalized spacial score (nSPS) is 32.4. The van der Waals surface area contributed by atoms with Crippen LogP contribution in [0.15, 0.2) is 11.3 Å². The van der Waals surface area contributed by atoms with E-state index >= 15 is 0 Å². The second-order valence-electron chi connectivity index (χ2n) is 6.73. The highest BCUT2D eigenvalue weighted by Crippen LogP contribution is 2.47. The van der Waals surface area contributed by atoms with E-state index in [-0.39, 0.29) is 35.4 Å². The second kappa shape index (κ2) is 5.31. The van der Waals surface area contributed by atoms with Crippen LogP contribution in [0, 0.1) is 17.8 Å². The van der Waals surface area contributed by atoms with Crippen LogP contribution in [0.3, 0.4) is 0 Å². The summed E-state index contributed by atoms with van der Waals surface area (Å²) >= 11 is 0. The van der Waals surface area contributed by atoms with Crippen LogP contribution in [-0.4, -0.2) is 69.6 Å². The molecule has 0 aromatic rings. The summed E-state index contributed by atoms with van der Waals surface area (Å²) < 4.78 is 0. The van der Waals surface area contributed by atoms with Crippen molar-refractivity contribution < 1.29 is 24.6 Å². The Hall–Kier alpha value is -1.93. The molecule has 2 amide bonds. The van der Waals surface area contributed by atoms with Crippen molar-refractivity contribution in [2.45, 2.75) is 26.0 Å². The van der Waals surface area contributed by atoms with E-state index in [1.165, 1.54) is 4.90 Å². The lowest BCUT2D eigenvalue weighted by molar-refractivity contribution is -0.163. The molecule has 3 aliphatic heterocycles. The average molecular weight is 323 g/mol. The lowest BCUT2D eigenvalue weighted by Gasteiger charge is -2.46. The van der Waals surface area contributed by atoms with Crippen LogP contribution in [-0.2, 0) is 14.4 Å². The van der Waals surface area contributed by atoms with Crippen molar-refractivity contribution in [2.75, 3.05) is 19.6 Å². The molecule has 0 aliphatic carbocycles. The number of amides is 2. The Morgan fingerprint density at radius 3 is 2.48 bits per heavy atom. The number of likely N-dealkylation sites (tertiary alicyclic amines) is 1. The van der Waals surface area contributed by atoms with Gasteiger partial charge in [0.25, 0.3) is 0 Å². The molecule has 8 heteroatoms. The first-order valence-corrected chi connectivity index (χ1v) is 7.73. The summed E-state index contributed by atoms with van der Waals surface area (Å²) in [5.41, 5.74) is 5.96. The fourth-order valence-corrected chi connectivity index (χ4v) is 3.97. The minimum absolute atomic E-state index is 0.0342. The summed E-state index contributed by atoms with van der Waals surface area (Å²) in [6, 6.07) is -0.295. The third kappa shape index (κ3) is 2.24. The third-order valence-corrected chi connectivity index (χ3v) is 5.27. The summed E-state index contributed by atoms with van der Waals surface area (Å²) in [7, 11) is 0. The van der Waals surface area contributed by atoms with Crippen LogP contribution in [0.4, 0.5) is 0 Å². The molecule has 4 N–H and O–H groups in total. The van der Waals surface area contributed by atoms with E-state index in [0.717, 1.165) is 0 Å². The number of aliphatic hydroxyl groups excluding tert-OH is 1. The predicted molar refractivity (Wildman–Crippen MR) is 78.8 cm³/mol. The predicted octanol–water partition coefficient (Wildman–Crippen LogP) is -1.40. The lowest BCUT2D eigenvalue weighted by atomic mass is 9.77. The maximum atomic E-state index is 12.2. The molecule has 0 bridgehead atoms. The number of carboxylic acid groups (broad SMARTS) is 1. The Labute approximate surface area is 133 Å². The van der Waals surface area contributed by atoms with Gasteiger partial charge in [0.2, 0.25) is 11.8 Å². The summed E-state index contributed by atoms with van der Waals surface area (Å²) in [6.07, 6.45) is -0.802. The number of hydrogen-bond donors (Lipinski definition) is 3. The Bertz CT molecular complexity index is 608. The molecule has 126 valence electrons. The van der Waals surface area contributed by atoms with Crippen LogP contribution >= 0.6 is 0 Å². The number of aliphatic hydroxyl groups is 1. The maximum absolute atomic E-state index is 12.2. The van der Waals surface area contributed by atoms with E-state index in [1.54, 1.807) is 6.92 Å². The Kier molecular flexibility index (Phi) is 3.68. The highest BCUT2D eigenvalue weighted by Gasteiger charge is 2.59. The summed E-state index contributed by atoms with van der Waals surface area (Å²) in [5.74, 6) is -2.68. The quantitative estimate of drug-likeness (QED) is 0.535. The van der Waals surface area contributed by atoms with E-state index in [0.29, 0.717) is 25.2 Å². The van der Waals surface area contributed by atoms with Crippen molar-refractivity contribution in [3.8, 4) is 0 Å². The molecule has 0 aromatic carbocycles. The zero-order valence-corrected chi connectivity index (χ0v) is 13.1. The number of primary amides is 1. The van der Waals surface area contributed by atoms with Gasteiger partial charge >= 0.3 is 5.97 Å². The van der Waals surface area contributed by atoms with Gasteiger partial charge in [0, 0.05) is 25.6 Å². The number of nitrogens with two attached hydrogens (primary N) is 1. The van der Waals surface area contributed by atoms with Crippen molar-refractivity contribution in [3.05, 3.63) is 11.3 Å². The summed E-state index contributed by atoms with van der Waals surface area (Å²) in [5, 5.41) is 19.3. The van der Waals surface area contributed by atoms with Crippen molar-refractivity contribution in [3.63, 3.8) is 0 Å². The molecule has 0 saturated carbocycles. The minimum atomic E-state index is -1.13. The van der Waals surface area contributed by atoms with Crippen LogP contribution in [0.5, 0.6) is 0 Å². The molecule has 8 nitrogen and oxygen atoms in total. The second-order valence-corrected chi connectivity index (χ2v) is 6.73. The molecule has 2 fully saturated rings. The number of nitrogens with zero attached hydrogens (tertiary/aromatic N) is 2. The molecule has 3 heterocycles. The fraction of sp³-hybridized carbons (Fsp3) is 0.667. The van der Waals surface area contributed by atoms with Gasteiger partial charge in [-0.15, -0.1) is 0 Å². The van der Waals surface area contributed by atoms with Crippen LogP contribution in [0.1, 0.15) is 13.8 Å². The zero-order valence-electron chi connectivity index (χ0n) is 13.1. The molecule has 3 aliphatic rings. The van der Waals surface area contributed by atoms with Crippen molar-refractivity contribution in [1.29, 1.82) is 0 Å². The highest BCUT2D eigenvalue weighted by molar-refractivity contribution is 6.00. The van der Waals surface area contributed by atoms with E-state index in [4.69, 9.17) is 5.73 Å². The fourth-order valence-electron chi connectivity index (χ4n) is 3.97. The first-order chi connectivity index (χ1) is 10.7. The van der Waals surface area contributed by atoms with Crippen LogP contribution < -0.4 is 5.73 Å². The molecule has 2 unspecified atom stereocenters. The first-order valence-electron chi connectivity index (χ1n) is 7.73. The smallest absolute Gasteiger partial charge is 0.352 e. The lowest BCUT2D eigenvalue weighted by Crippen LogP contribution is -2.63. The Morgan fingerprint density at radius 2 is 2.00 bits per heavy atom. The van der Waals surface area contributed by atoms with Gasteiger partial charge in [0.15, 0.2) is 0 Å².